The highest BCUT2D eigenvalue weighted by Crippen LogP contribution is 2.31. The van der Waals surface area contributed by atoms with E-state index in [4.69, 9.17) is 21.2 Å². The molecule has 0 fully saturated rings. The number of rotatable bonds is 5. The van der Waals surface area contributed by atoms with Gasteiger partial charge in [-0.1, -0.05) is 6.92 Å². The molecule has 1 aromatic carbocycles. The molecule has 1 unspecified atom stereocenters. The van der Waals surface area contributed by atoms with E-state index in [9.17, 15) is 13.2 Å². The molecule has 1 heterocycles. The summed E-state index contributed by atoms with van der Waals surface area (Å²) in [5, 5.41) is 0.323. The Kier molecular flexibility index (Phi) is 4.34. The average Bonchev–Trinajstić information content (AvgIpc) is 2.42. The number of nitrogens with two attached hydrogens (primary N) is 1. The summed E-state index contributed by atoms with van der Waals surface area (Å²) >= 11 is 0. The van der Waals surface area contributed by atoms with Gasteiger partial charge in [0.15, 0.2) is 6.10 Å². The van der Waals surface area contributed by atoms with Crippen molar-refractivity contribution in [1.82, 2.24) is 4.98 Å². The Morgan fingerprint density at radius 3 is 2.71 bits per heavy atom. The Labute approximate surface area is 126 Å². The fourth-order valence-corrected chi connectivity index (χ4v) is 2.99. The number of hydrogen-bond acceptors (Lipinski definition) is 5. The summed E-state index contributed by atoms with van der Waals surface area (Å²) in [6, 6.07) is 5.88. The molecule has 2 aromatic rings. The van der Waals surface area contributed by atoms with Gasteiger partial charge in [0.25, 0.3) is 15.0 Å². The predicted molar refractivity (Wildman–Crippen MR) is 78.7 cm³/mol. The van der Waals surface area contributed by atoms with Crippen molar-refractivity contribution in [2.75, 3.05) is 0 Å². The SMILES string of the molecule is CCC(Oc1ccc(S(=O)(=O)Cl)c2cccnc12)C(N)=O. The Morgan fingerprint density at radius 1 is 1.43 bits per heavy atom. The van der Waals surface area contributed by atoms with Gasteiger partial charge in [0.2, 0.25) is 0 Å². The van der Waals surface area contributed by atoms with Crippen LogP contribution in [-0.4, -0.2) is 25.4 Å². The predicted octanol–water partition coefficient (Wildman–Crippen LogP) is 1.80. The number of carbonyl (C=O) groups is 1. The highest BCUT2D eigenvalue weighted by molar-refractivity contribution is 8.14. The first-order valence-electron chi connectivity index (χ1n) is 6.13. The van der Waals surface area contributed by atoms with Gasteiger partial charge in [0.05, 0.1) is 4.90 Å². The molecule has 0 saturated carbocycles. The van der Waals surface area contributed by atoms with E-state index in [1.165, 1.54) is 18.3 Å². The van der Waals surface area contributed by atoms with Gasteiger partial charge in [-0.05, 0) is 30.7 Å². The van der Waals surface area contributed by atoms with E-state index < -0.39 is 21.1 Å². The van der Waals surface area contributed by atoms with Crippen LogP contribution >= 0.6 is 10.7 Å². The zero-order valence-electron chi connectivity index (χ0n) is 11.1. The second kappa shape index (κ2) is 5.87. The molecular formula is C13H13ClN2O4S. The molecule has 0 aliphatic heterocycles. The van der Waals surface area contributed by atoms with Crippen molar-refractivity contribution < 1.29 is 17.9 Å². The minimum absolute atomic E-state index is 0.0632. The molecule has 8 heteroatoms. The van der Waals surface area contributed by atoms with Gasteiger partial charge in [0, 0.05) is 22.3 Å². The zero-order chi connectivity index (χ0) is 15.6. The van der Waals surface area contributed by atoms with E-state index in [2.05, 4.69) is 4.98 Å². The lowest BCUT2D eigenvalue weighted by Crippen LogP contribution is -2.33. The number of carbonyl (C=O) groups excluding carboxylic acids is 1. The number of halogens is 1. The topological polar surface area (TPSA) is 99.3 Å². The van der Waals surface area contributed by atoms with Gasteiger partial charge in [-0.15, -0.1) is 0 Å². The molecule has 0 aliphatic rings. The molecule has 2 rings (SSSR count). The van der Waals surface area contributed by atoms with E-state index in [0.29, 0.717) is 17.3 Å². The average molecular weight is 329 g/mol. The van der Waals surface area contributed by atoms with Crippen LogP contribution in [0.2, 0.25) is 0 Å². The van der Waals surface area contributed by atoms with Gasteiger partial charge >= 0.3 is 0 Å². The van der Waals surface area contributed by atoms with Gasteiger partial charge in [-0.2, -0.15) is 0 Å². The standard InChI is InChI=1S/C13H13ClN2O4S/c1-2-9(13(15)17)20-10-5-6-11(21(14,18)19)8-4-3-7-16-12(8)10/h3-7,9H,2H2,1H3,(H2,15,17). The number of ether oxygens (including phenoxy) is 1. The van der Waals surface area contributed by atoms with Crippen molar-refractivity contribution in [2.24, 2.45) is 5.73 Å². The molecule has 112 valence electrons. The van der Waals surface area contributed by atoms with Crippen LogP contribution in [0.25, 0.3) is 10.9 Å². The maximum absolute atomic E-state index is 11.6. The third-order valence-electron chi connectivity index (χ3n) is 2.91. The molecule has 6 nitrogen and oxygen atoms in total. The maximum Gasteiger partial charge on any atom is 0.261 e. The molecule has 0 radical (unpaired) electrons. The number of aromatic nitrogens is 1. The van der Waals surface area contributed by atoms with Gasteiger partial charge in [-0.3, -0.25) is 9.78 Å². The van der Waals surface area contributed by atoms with Crippen molar-refractivity contribution >= 4 is 36.5 Å². The smallest absolute Gasteiger partial charge is 0.261 e. The van der Waals surface area contributed by atoms with E-state index >= 15 is 0 Å². The lowest BCUT2D eigenvalue weighted by Gasteiger charge is -2.16. The highest BCUT2D eigenvalue weighted by Gasteiger charge is 2.20. The lowest BCUT2D eigenvalue weighted by atomic mass is 10.2. The second-order valence-corrected chi connectivity index (χ2v) is 6.85. The monoisotopic (exact) mass is 328 g/mol. The number of benzene rings is 1. The summed E-state index contributed by atoms with van der Waals surface area (Å²) in [6.07, 6.45) is 1.07. The lowest BCUT2D eigenvalue weighted by molar-refractivity contribution is -0.124. The Bertz CT molecular complexity index is 792. The first-order valence-corrected chi connectivity index (χ1v) is 8.44. The van der Waals surface area contributed by atoms with E-state index in [1.807, 2.05) is 0 Å². The molecule has 2 N–H and O–H groups in total. The zero-order valence-corrected chi connectivity index (χ0v) is 12.7. The molecule has 21 heavy (non-hydrogen) atoms. The summed E-state index contributed by atoms with van der Waals surface area (Å²) in [6.45, 7) is 1.75. The quantitative estimate of drug-likeness (QED) is 0.844. The highest BCUT2D eigenvalue weighted by atomic mass is 35.7. The molecular weight excluding hydrogens is 316 g/mol. The van der Waals surface area contributed by atoms with Crippen molar-refractivity contribution in [1.29, 1.82) is 0 Å². The maximum atomic E-state index is 11.6. The summed E-state index contributed by atoms with van der Waals surface area (Å²) in [5.41, 5.74) is 5.54. The van der Waals surface area contributed by atoms with Crippen LogP contribution in [0.5, 0.6) is 5.75 Å². The third kappa shape index (κ3) is 3.25. The van der Waals surface area contributed by atoms with Crippen LogP contribution in [-0.2, 0) is 13.8 Å². The molecule has 0 aliphatic carbocycles. The first-order chi connectivity index (χ1) is 9.84. The normalized spacial score (nSPS) is 13.0. The second-order valence-electron chi connectivity index (χ2n) is 4.32. The number of fused-ring (bicyclic) bond motifs is 1. The van der Waals surface area contributed by atoms with Crippen LogP contribution in [0.15, 0.2) is 35.4 Å². The fraction of sp³-hybridized carbons (Fsp3) is 0.231. The molecule has 1 aromatic heterocycles. The Balaban J connectivity index is 2.61. The van der Waals surface area contributed by atoms with Crippen LogP contribution < -0.4 is 10.5 Å². The van der Waals surface area contributed by atoms with Crippen molar-refractivity contribution in [3.63, 3.8) is 0 Å². The van der Waals surface area contributed by atoms with Gasteiger partial charge < -0.3 is 10.5 Å². The van der Waals surface area contributed by atoms with Crippen molar-refractivity contribution in [2.45, 2.75) is 24.3 Å². The van der Waals surface area contributed by atoms with Gasteiger partial charge in [0.1, 0.15) is 11.3 Å². The number of nitrogens with zero attached hydrogens (tertiary/aromatic N) is 1. The minimum Gasteiger partial charge on any atom is -0.478 e. The van der Waals surface area contributed by atoms with Crippen LogP contribution in [0, 0.1) is 0 Å². The summed E-state index contributed by atoms with van der Waals surface area (Å²) < 4.78 is 28.7. The fourth-order valence-electron chi connectivity index (χ4n) is 1.92. The molecule has 1 atom stereocenters. The summed E-state index contributed by atoms with van der Waals surface area (Å²) in [7, 11) is 1.49. The van der Waals surface area contributed by atoms with Crippen LogP contribution in [0.1, 0.15) is 13.3 Å². The Hall–Kier alpha value is -1.86. The molecule has 0 bridgehead atoms. The van der Waals surface area contributed by atoms with E-state index in [-0.39, 0.29) is 10.6 Å². The van der Waals surface area contributed by atoms with Crippen molar-refractivity contribution in [3.05, 3.63) is 30.5 Å². The number of amides is 1. The summed E-state index contributed by atoms with van der Waals surface area (Å²) in [4.78, 5) is 15.3. The first kappa shape index (κ1) is 15.5. The number of pyridine rings is 1. The largest absolute Gasteiger partial charge is 0.478 e. The van der Waals surface area contributed by atoms with Crippen LogP contribution in [0.4, 0.5) is 0 Å². The van der Waals surface area contributed by atoms with E-state index in [0.717, 1.165) is 0 Å². The molecule has 0 spiro atoms. The third-order valence-corrected chi connectivity index (χ3v) is 4.29. The Morgan fingerprint density at radius 2 is 2.14 bits per heavy atom. The molecule has 0 saturated heterocycles. The summed E-state index contributed by atoms with van der Waals surface area (Å²) in [5.74, 6) is -0.323. The number of primary amides is 1. The van der Waals surface area contributed by atoms with Gasteiger partial charge in [-0.25, -0.2) is 8.42 Å². The molecule has 1 amide bonds. The van der Waals surface area contributed by atoms with Crippen LogP contribution in [0.3, 0.4) is 0 Å². The number of hydrogen-bond donors (Lipinski definition) is 1. The van der Waals surface area contributed by atoms with Crippen molar-refractivity contribution in [3.8, 4) is 5.75 Å². The minimum atomic E-state index is -3.91. The van der Waals surface area contributed by atoms with E-state index in [1.54, 1.807) is 19.1 Å².